The number of rotatable bonds is 5. The fraction of sp³-hybridized carbons (Fsp3) is 0.375. The molecule has 0 aliphatic heterocycles. The van der Waals surface area contributed by atoms with Crippen molar-refractivity contribution in [2.24, 2.45) is 5.73 Å². The number of hydrogen-bond acceptors (Lipinski definition) is 7. The van der Waals surface area contributed by atoms with Gasteiger partial charge < -0.3 is 21.1 Å². The number of nitrogens with zero attached hydrogens (tertiary/aromatic N) is 3. The van der Waals surface area contributed by atoms with Crippen molar-refractivity contribution in [1.82, 2.24) is 15.0 Å². The number of pyridine rings is 1. The van der Waals surface area contributed by atoms with Gasteiger partial charge in [0.05, 0.1) is 11.9 Å². The lowest BCUT2D eigenvalue weighted by atomic mass is 9.91. The van der Waals surface area contributed by atoms with Gasteiger partial charge in [-0.05, 0) is 55.2 Å². The molecule has 2 aliphatic rings. The largest absolute Gasteiger partial charge is 0.423 e. The molecule has 4 N–H and O–H groups in total. The molecule has 0 bridgehead atoms. The molecule has 1 saturated carbocycles. The quantitative estimate of drug-likeness (QED) is 0.428. The van der Waals surface area contributed by atoms with Gasteiger partial charge in [0, 0.05) is 42.5 Å². The lowest BCUT2D eigenvalue weighted by Gasteiger charge is -2.30. The molecule has 0 radical (unpaired) electrons. The molecule has 7 nitrogen and oxygen atoms in total. The predicted octanol–water partition coefficient (Wildman–Crippen LogP) is 4.41. The minimum Gasteiger partial charge on any atom is -0.423 e. The van der Waals surface area contributed by atoms with E-state index in [-0.39, 0.29) is 23.9 Å². The SMILES string of the molecule is CNc1cc(F)cc2c1Cc1nc(Oc3ccc(C)nc3)nc(NC3CCCCC3N)c1-2. The summed E-state index contributed by atoms with van der Waals surface area (Å²) in [5.41, 5.74) is 11.5. The molecule has 32 heavy (non-hydrogen) atoms. The number of fused-ring (bicyclic) bond motifs is 3. The van der Waals surface area contributed by atoms with Crippen molar-refractivity contribution in [2.75, 3.05) is 17.7 Å². The van der Waals surface area contributed by atoms with E-state index in [1.54, 1.807) is 19.3 Å². The topological polar surface area (TPSA) is 98.0 Å². The van der Waals surface area contributed by atoms with Crippen molar-refractivity contribution < 1.29 is 9.13 Å². The van der Waals surface area contributed by atoms with E-state index in [1.807, 2.05) is 19.1 Å². The standard InChI is InChI=1S/C24H27FN6O/c1-13-7-8-15(12-28-13)32-24-30-21-11-16-17(9-14(25)10-20(16)27-2)22(21)23(31-24)29-19-6-4-3-5-18(19)26/h7-10,12,18-19,27H,3-6,11,26H2,1-2H3,(H,29,30,31). The molecule has 2 aliphatic carbocycles. The van der Waals surface area contributed by atoms with Gasteiger partial charge in [0.2, 0.25) is 0 Å². The molecular weight excluding hydrogens is 407 g/mol. The van der Waals surface area contributed by atoms with E-state index in [0.29, 0.717) is 18.0 Å². The van der Waals surface area contributed by atoms with Gasteiger partial charge in [0.25, 0.3) is 0 Å². The van der Waals surface area contributed by atoms with Crippen LogP contribution in [0, 0.1) is 12.7 Å². The van der Waals surface area contributed by atoms with E-state index < -0.39 is 0 Å². The number of hydrogen-bond donors (Lipinski definition) is 3. The number of anilines is 2. The maximum Gasteiger partial charge on any atom is 0.324 e. The minimum absolute atomic E-state index is 0.0429. The molecule has 0 saturated heterocycles. The predicted molar refractivity (Wildman–Crippen MR) is 123 cm³/mol. The number of nitrogens with one attached hydrogen (secondary N) is 2. The van der Waals surface area contributed by atoms with Gasteiger partial charge in [-0.2, -0.15) is 9.97 Å². The highest BCUT2D eigenvalue weighted by atomic mass is 19.1. The van der Waals surface area contributed by atoms with Crippen LogP contribution in [0.3, 0.4) is 0 Å². The smallest absolute Gasteiger partial charge is 0.324 e. The van der Waals surface area contributed by atoms with Gasteiger partial charge in [-0.3, -0.25) is 4.98 Å². The van der Waals surface area contributed by atoms with Gasteiger partial charge in [-0.25, -0.2) is 4.39 Å². The molecule has 5 rings (SSSR count). The molecular formula is C24H27FN6O. The average Bonchev–Trinajstić information content (AvgIpc) is 3.15. The first-order valence-electron chi connectivity index (χ1n) is 11.1. The van der Waals surface area contributed by atoms with Crippen LogP contribution in [0.25, 0.3) is 11.1 Å². The van der Waals surface area contributed by atoms with Crippen LogP contribution in [-0.2, 0) is 6.42 Å². The lowest BCUT2D eigenvalue weighted by molar-refractivity contribution is 0.401. The Bertz CT molecular complexity index is 1150. The van der Waals surface area contributed by atoms with E-state index in [1.165, 1.54) is 6.07 Å². The third-order valence-electron chi connectivity index (χ3n) is 6.30. The Morgan fingerprint density at radius 1 is 1.16 bits per heavy atom. The van der Waals surface area contributed by atoms with Crippen molar-refractivity contribution in [1.29, 1.82) is 0 Å². The number of ether oxygens (including phenoxy) is 1. The van der Waals surface area contributed by atoms with Gasteiger partial charge in [-0.15, -0.1) is 0 Å². The number of benzene rings is 1. The Hall–Kier alpha value is -3.26. The summed E-state index contributed by atoms with van der Waals surface area (Å²) in [6.07, 6.45) is 6.41. The Morgan fingerprint density at radius 3 is 2.75 bits per heavy atom. The second-order valence-electron chi connectivity index (χ2n) is 8.52. The van der Waals surface area contributed by atoms with Gasteiger partial charge in [0.1, 0.15) is 17.4 Å². The zero-order chi connectivity index (χ0) is 22.2. The summed E-state index contributed by atoms with van der Waals surface area (Å²) < 4.78 is 20.4. The zero-order valence-corrected chi connectivity index (χ0v) is 18.3. The number of aryl methyl sites for hydroxylation is 1. The third kappa shape index (κ3) is 3.86. The van der Waals surface area contributed by atoms with E-state index >= 15 is 0 Å². The molecule has 1 aromatic carbocycles. The summed E-state index contributed by atoms with van der Waals surface area (Å²) in [4.78, 5) is 13.7. The summed E-state index contributed by atoms with van der Waals surface area (Å²) in [6, 6.07) is 7.16. The first kappa shape index (κ1) is 20.6. The zero-order valence-electron chi connectivity index (χ0n) is 18.3. The Morgan fingerprint density at radius 2 is 2.00 bits per heavy atom. The van der Waals surface area contributed by atoms with Gasteiger partial charge in [0.15, 0.2) is 0 Å². The summed E-state index contributed by atoms with van der Waals surface area (Å²) in [5, 5.41) is 6.65. The van der Waals surface area contributed by atoms with Crippen molar-refractivity contribution >= 4 is 11.5 Å². The summed E-state index contributed by atoms with van der Waals surface area (Å²) in [7, 11) is 1.79. The van der Waals surface area contributed by atoms with Crippen LogP contribution in [0.5, 0.6) is 11.8 Å². The fourth-order valence-electron chi connectivity index (χ4n) is 4.62. The molecule has 2 heterocycles. The molecule has 8 heteroatoms. The first-order valence-corrected chi connectivity index (χ1v) is 11.1. The lowest BCUT2D eigenvalue weighted by Crippen LogP contribution is -2.42. The summed E-state index contributed by atoms with van der Waals surface area (Å²) in [5.74, 6) is 0.902. The van der Waals surface area contributed by atoms with Gasteiger partial charge >= 0.3 is 6.01 Å². The van der Waals surface area contributed by atoms with Crippen molar-refractivity contribution in [3.8, 4) is 22.9 Å². The summed E-state index contributed by atoms with van der Waals surface area (Å²) in [6.45, 7) is 1.92. The highest BCUT2D eigenvalue weighted by Crippen LogP contribution is 2.44. The molecule has 166 valence electrons. The average molecular weight is 435 g/mol. The van der Waals surface area contributed by atoms with Crippen LogP contribution < -0.4 is 21.1 Å². The molecule has 2 unspecified atom stereocenters. The molecule has 0 spiro atoms. The summed E-state index contributed by atoms with van der Waals surface area (Å²) >= 11 is 0. The van der Waals surface area contributed by atoms with E-state index in [4.69, 9.17) is 15.5 Å². The molecule has 1 fully saturated rings. The van der Waals surface area contributed by atoms with Crippen molar-refractivity contribution in [3.05, 3.63) is 53.2 Å². The first-order chi connectivity index (χ1) is 15.5. The Labute approximate surface area is 186 Å². The van der Waals surface area contributed by atoms with E-state index in [9.17, 15) is 4.39 Å². The molecule has 2 aromatic heterocycles. The molecule has 3 aromatic rings. The van der Waals surface area contributed by atoms with E-state index in [0.717, 1.165) is 59.4 Å². The van der Waals surface area contributed by atoms with Crippen LogP contribution in [-0.4, -0.2) is 34.1 Å². The maximum absolute atomic E-state index is 14.4. The second kappa shape index (κ2) is 8.35. The number of nitrogens with two attached hydrogens (primary N) is 1. The monoisotopic (exact) mass is 434 g/mol. The highest BCUT2D eigenvalue weighted by molar-refractivity contribution is 5.87. The van der Waals surface area contributed by atoms with Gasteiger partial charge in [-0.1, -0.05) is 12.8 Å². The molecule has 0 amide bonds. The molecule has 2 atom stereocenters. The van der Waals surface area contributed by atoms with Crippen LogP contribution in [0.4, 0.5) is 15.9 Å². The van der Waals surface area contributed by atoms with Crippen molar-refractivity contribution in [2.45, 2.75) is 51.1 Å². The number of aromatic nitrogens is 3. The van der Waals surface area contributed by atoms with E-state index in [2.05, 4.69) is 20.6 Å². The van der Waals surface area contributed by atoms with Crippen LogP contribution >= 0.6 is 0 Å². The minimum atomic E-state index is -0.299. The maximum atomic E-state index is 14.4. The van der Waals surface area contributed by atoms with Crippen molar-refractivity contribution in [3.63, 3.8) is 0 Å². The van der Waals surface area contributed by atoms with Crippen LogP contribution in [0.1, 0.15) is 42.6 Å². The fourth-order valence-corrected chi connectivity index (χ4v) is 4.62. The Kier molecular flexibility index (Phi) is 5.38. The second-order valence-corrected chi connectivity index (χ2v) is 8.52. The third-order valence-corrected chi connectivity index (χ3v) is 6.30. The highest BCUT2D eigenvalue weighted by Gasteiger charge is 2.31. The van der Waals surface area contributed by atoms with Crippen LogP contribution in [0.2, 0.25) is 0 Å². The normalized spacial score (nSPS) is 19.2. The Balaban J connectivity index is 1.58. The van der Waals surface area contributed by atoms with Crippen LogP contribution in [0.15, 0.2) is 30.5 Å². The number of halogens is 1.